The van der Waals surface area contributed by atoms with Crippen molar-refractivity contribution in [3.63, 3.8) is 0 Å². The fraction of sp³-hybridized carbons (Fsp3) is 0.360. The molecule has 2 aliphatic rings. The summed E-state index contributed by atoms with van der Waals surface area (Å²) in [5, 5.41) is 2.71. The molecule has 0 aromatic heterocycles. The van der Waals surface area contributed by atoms with Gasteiger partial charge in [-0.3, -0.25) is 9.59 Å². The van der Waals surface area contributed by atoms with Crippen molar-refractivity contribution < 1.29 is 14.3 Å². The Morgan fingerprint density at radius 2 is 1.97 bits per heavy atom. The lowest BCUT2D eigenvalue weighted by Gasteiger charge is -2.38. The van der Waals surface area contributed by atoms with Gasteiger partial charge < -0.3 is 15.0 Å². The van der Waals surface area contributed by atoms with Crippen molar-refractivity contribution in [1.29, 1.82) is 0 Å². The molecule has 2 amide bonds. The van der Waals surface area contributed by atoms with Crippen molar-refractivity contribution in [2.24, 2.45) is 5.92 Å². The molecule has 1 aliphatic carbocycles. The zero-order valence-electron chi connectivity index (χ0n) is 17.4. The first-order valence-corrected chi connectivity index (χ1v) is 10.6. The predicted octanol–water partition coefficient (Wildman–Crippen LogP) is 3.56. The molecule has 1 N–H and O–H groups in total. The Bertz CT molecular complexity index is 947. The third kappa shape index (κ3) is 4.40. The van der Waals surface area contributed by atoms with Gasteiger partial charge in [0.1, 0.15) is 5.75 Å². The number of nitrogens with one attached hydrogen (secondary N) is 1. The summed E-state index contributed by atoms with van der Waals surface area (Å²) < 4.78 is 5.74. The van der Waals surface area contributed by atoms with Crippen LogP contribution in [0.25, 0.3) is 0 Å². The first-order valence-electron chi connectivity index (χ1n) is 10.6. The average molecular weight is 405 g/mol. The third-order valence-electron chi connectivity index (χ3n) is 5.76. The smallest absolute Gasteiger partial charge is 0.258 e. The predicted molar refractivity (Wildman–Crippen MR) is 116 cm³/mol. The number of hydrogen-bond acceptors (Lipinski definition) is 3. The Labute approximate surface area is 177 Å². The SMILES string of the molecule is C=CCNC(=O)COc1ccc2c(c1)[C@@H](c1ccc(C)cc1)N(C(=O)C1CC1)CC2. The van der Waals surface area contributed by atoms with Crippen LogP contribution in [0.4, 0.5) is 0 Å². The minimum absolute atomic E-state index is 0.0491. The lowest BCUT2D eigenvalue weighted by Crippen LogP contribution is -2.41. The second kappa shape index (κ2) is 8.74. The zero-order valence-corrected chi connectivity index (χ0v) is 17.4. The van der Waals surface area contributed by atoms with Gasteiger partial charge in [-0.05, 0) is 55.0 Å². The molecule has 0 saturated heterocycles. The molecule has 1 heterocycles. The van der Waals surface area contributed by atoms with E-state index < -0.39 is 0 Å². The number of ether oxygens (including phenoxy) is 1. The molecule has 5 heteroatoms. The summed E-state index contributed by atoms with van der Waals surface area (Å²) in [4.78, 5) is 27.0. The Morgan fingerprint density at radius 3 is 2.67 bits per heavy atom. The Hall–Kier alpha value is -3.08. The van der Waals surface area contributed by atoms with Crippen LogP contribution in [0.3, 0.4) is 0 Å². The van der Waals surface area contributed by atoms with E-state index in [1.54, 1.807) is 6.08 Å². The van der Waals surface area contributed by atoms with Crippen molar-refractivity contribution in [3.05, 3.63) is 77.4 Å². The van der Waals surface area contributed by atoms with Crippen LogP contribution in [0.15, 0.2) is 55.1 Å². The van der Waals surface area contributed by atoms with Gasteiger partial charge in [0.15, 0.2) is 6.61 Å². The molecule has 1 aliphatic heterocycles. The maximum absolute atomic E-state index is 13.1. The molecular formula is C25H28N2O3. The van der Waals surface area contributed by atoms with Crippen molar-refractivity contribution in [2.75, 3.05) is 19.7 Å². The lowest BCUT2D eigenvalue weighted by molar-refractivity contribution is -0.134. The summed E-state index contributed by atoms with van der Waals surface area (Å²) in [6, 6.07) is 14.2. The van der Waals surface area contributed by atoms with Gasteiger partial charge in [0.2, 0.25) is 5.91 Å². The summed E-state index contributed by atoms with van der Waals surface area (Å²) in [5.74, 6) is 0.877. The third-order valence-corrected chi connectivity index (χ3v) is 5.76. The Morgan fingerprint density at radius 1 is 1.20 bits per heavy atom. The maximum Gasteiger partial charge on any atom is 0.258 e. The summed E-state index contributed by atoms with van der Waals surface area (Å²) in [7, 11) is 0. The summed E-state index contributed by atoms with van der Waals surface area (Å²) in [5.41, 5.74) is 4.61. The van der Waals surface area contributed by atoms with Gasteiger partial charge in [0, 0.05) is 19.0 Å². The fourth-order valence-electron chi connectivity index (χ4n) is 3.98. The molecule has 0 unspecified atom stereocenters. The Kier molecular flexibility index (Phi) is 5.88. The molecule has 30 heavy (non-hydrogen) atoms. The molecule has 0 bridgehead atoms. The topological polar surface area (TPSA) is 58.6 Å². The van der Waals surface area contributed by atoms with Crippen LogP contribution in [0.1, 0.15) is 41.1 Å². The van der Waals surface area contributed by atoms with Gasteiger partial charge in [-0.15, -0.1) is 6.58 Å². The number of carbonyl (C=O) groups is 2. The molecule has 2 aromatic carbocycles. The van der Waals surface area contributed by atoms with Crippen LogP contribution in [0.5, 0.6) is 5.75 Å². The number of hydrogen-bond donors (Lipinski definition) is 1. The fourth-order valence-corrected chi connectivity index (χ4v) is 3.98. The number of benzene rings is 2. The summed E-state index contributed by atoms with van der Waals surface area (Å²) in [6.07, 6.45) is 4.45. The highest BCUT2D eigenvalue weighted by Gasteiger charge is 2.39. The van der Waals surface area contributed by atoms with Gasteiger partial charge in [-0.25, -0.2) is 0 Å². The van der Waals surface area contributed by atoms with Crippen LogP contribution in [0.2, 0.25) is 0 Å². The van der Waals surface area contributed by atoms with Crippen LogP contribution in [-0.4, -0.2) is 36.4 Å². The molecule has 0 radical (unpaired) electrons. The van der Waals surface area contributed by atoms with E-state index in [0.29, 0.717) is 12.3 Å². The van der Waals surface area contributed by atoms with Gasteiger partial charge in [0.05, 0.1) is 6.04 Å². The average Bonchev–Trinajstić information content (AvgIpc) is 3.61. The zero-order chi connectivity index (χ0) is 21.1. The van der Waals surface area contributed by atoms with E-state index in [4.69, 9.17) is 4.74 Å². The molecular weight excluding hydrogens is 376 g/mol. The molecule has 1 fully saturated rings. The van der Waals surface area contributed by atoms with E-state index in [0.717, 1.165) is 36.9 Å². The minimum atomic E-state index is -0.187. The first-order chi connectivity index (χ1) is 14.6. The van der Waals surface area contributed by atoms with Crippen molar-refractivity contribution in [3.8, 4) is 5.75 Å². The number of aryl methyl sites for hydroxylation is 1. The first kappa shape index (κ1) is 20.2. The van der Waals surface area contributed by atoms with E-state index >= 15 is 0 Å². The monoisotopic (exact) mass is 404 g/mol. The van der Waals surface area contributed by atoms with Gasteiger partial charge in [0.25, 0.3) is 5.91 Å². The second-order valence-electron chi connectivity index (χ2n) is 8.11. The second-order valence-corrected chi connectivity index (χ2v) is 8.11. The minimum Gasteiger partial charge on any atom is -0.484 e. The molecule has 1 atom stereocenters. The maximum atomic E-state index is 13.1. The standard InChI is InChI=1S/C25H28N2O3/c1-3-13-26-23(28)16-30-21-11-10-18-12-14-27(25(29)20-8-9-20)24(22(18)15-21)19-6-4-17(2)5-7-19/h3-7,10-11,15,20,24H,1,8-9,12-14,16H2,2H3,(H,26,28)/t24-/m1/s1. The summed E-state index contributed by atoms with van der Waals surface area (Å²) >= 11 is 0. The molecule has 4 rings (SSSR count). The van der Waals surface area contributed by atoms with Gasteiger partial charge in [-0.1, -0.05) is 42.0 Å². The normalized spacial score (nSPS) is 17.8. The Balaban J connectivity index is 1.63. The number of carbonyl (C=O) groups excluding carboxylic acids is 2. The van der Waals surface area contributed by atoms with Crippen molar-refractivity contribution >= 4 is 11.8 Å². The summed E-state index contributed by atoms with van der Waals surface area (Å²) in [6.45, 7) is 6.75. The van der Waals surface area contributed by atoms with E-state index in [1.807, 2.05) is 17.0 Å². The molecule has 156 valence electrons. The van der Waals surface area contributed by atoms with Crippen LogP contribution >= 0.6 is 0 Å². The van der Waals surface area contributed by atoms with Crippen LogP contribution in [0, 0.1) is 12.8 Å². The molecule has 2 aromatic rings. The number of fused-ring (bicyclic) bond motifs is 1. The molecule has 0 spiro atoms. The lowest BCUT2D eigenvalue weighted by atomic mass is 9.87. The van der Waals surface area contributed by atoms with Crippen molar-refractivity contribution in [2.45, 2.75) is 32.2 Å². The number of rotatable bonds is 7. The number of nitrogens with zero attached hydrogens (tertiary/aromatic N) is 1. The van der Waals surface area contributed by atoms with E-state index in [2.05, 4.69) is 49.2 Å². The highest BCUT2D eigenvalue weighted by atomic mass is 16.5. The number of amides is 2. The quantitative estimate of drug-likeness (QED) is 0.718. The van der Waals surface area contributed by atoms with Crippen LogP contribution in [-0.2, 0) is 16.0 Å². The van der Waals surface area contributed by atoms with Crippen molar-refractivity contribution in [1.82, 2.24) is 10.2 Å². The largest absolute Gasteiger partial charge is 0.484 e. The van der Waals surface area contributed by atoms with Crippen LogP contribution < -0.4 is 10.1 Å². The van der Waals surface area contributed by atoms with Gasteiger partial charge >= 0.3 is 0 Å². The van der Waals surface area contributed by atoms with E-state index in [1.165, 1.54) is 11.1 Å². The van der Waals surface area contributed by atoms with E-state index in [9.17, 15) is 9.59 Å². The molecule has 1 saturated carbocycles. The highest BCUT2D eigenvalue weighted by molar-refractivity contribution is 5.82. The molecule has 5 nitrogen and oxygen atoms in total. The van der Waals surface area contributed by atoms with Gasteiger partial charge in [-0.2, -0.15) is 0 Å². The highest BCUT2D eigenvalue weighted by Crippen LogP contribution is 2.41. The van der Waals surface area contributed by atoms with E-state index in [-0.39, 0.29) is 30.4 Å².